The lowest BCUT2D eigenvalue weighted by atomic mass is 9.84. The summed E-state index contributed by atoms with van der Waals surface area (Å²) in [6, 6.07) is 16.2. The van der Waals surface area contributed by atoms with Crippen molar-refractivity contribution in [1.82, 2.24) is 10.2 Å². The number of methoxy groups -OCH3 is 1. The molecule has 1 saturated heterocycles. The Morgan fingerprint density at radius 1 is 1.11 bits per heavy atom. The molecular weight excluding hydrogens is 458 g/mol. The molecule has 2 aromatic rings. The van der Waals surface area contributed by atoms with Gasteiger partial charge in [0.2, 0.25) is 11.8 Å². The highest BCUT2D eigenvalue weighted by atomic mass is 19.3. The third kappa shape index (κ3) is 5.91. The van der Waals surface area contributed by atoms with Crippen LogP contribution in [0.15, 0.2) is 48.5 Å². The van der Waals surface area contributed by atoms with Gasteiger partial charge in [-0.05, 0) is 47.3 Å². The molecule has 1 aliphatic carbocycles. The summed E-state index contributed by atoms with van der Waals surface area (Å²) < 4.78 is 33.7. The van der Waals surface area contributed by atoms with Gasteiger partial charge in [-0.1, -0.05) is 70.2 Å². The molecule has 3 unspecified atom stereocenters. The van der Waals surface area contributed by atoms with E-state index in [1.54, 1.807) is 7.11 Å². The fourth-order valence-corrected chi connectivity index (χ4v) is 5.87. The fourth-order valence-electron chi connectivity index (χ4n) is 5.87. The van der Waals surface area contributed by atoms with Crippen molar-refractivity contribution in [3.8, 4) is 5.75 Å². The topological polar surface area (TPSA) is 41.6 Å². The summed E-state index contributed by atoms with van der Waals surface area (Å²) in [6.07, 6.45) is 1.64. The summed E-state index contributed by atoms with van der Waals surface area (Å²) in [5, 5.41) is 3.61. The summed E-state index contributed by atoms with van der Waals surface area (Å²) >= 11 is 0. The van der Waals surface area contributed by atoms with Crippen LogP contribution in [0.2, 0.25) is 0 Å². The van der Waals surface area contributed by atoms with Gasteiger partial charge >= 0.3 is 0 Å². The quantitative estimate of drug-likeness (QED) is 0.447. The number of ether oxygens (including phenoxy) is 1. The van der Waals surface area contributed by atoms with E-state index in [4.69, 9.17) is 4.74 Å². The molecule has 1 N–H and O–H groups in total. The van der Waals surface area contributed by atoms with Crippen molar-refractivity contribution in [3.05, 3.63) is 65.2 Å². The van der Waals surface area contributed by atoms with Crippen molar-refractivity contribution in [1.29, 1.82) is 0 Å². The van der Waals surface area contributed by atoms with Gasteiger partial charge in [0.15, 0.2) is 0 Å². The maximum Gasteiger partial charge on any atom is 0.248 e. The number of hydrogen-bond acceptors (Lipinski definition) is 3. The first kappa shape index (κ1) is 26.6. The van der Waals surface area contributed by atoms with E-state index in [0.717, 1.165) is 29.7 Å². The Hall–Kier alpha value is -2.47. The minimum atomic E-state index is -2.68. The number of nitrogens with one attached hydrogen (secondary N) is 1. The van der Waals surface area contributed by atoms with Crippen LogP contribution in [-0.4, -0.2) is 30.0 Å². The predicted molar refractivity (Wildman–Crippen MR) is 139 cm³/mol. The lowest BCUT2D eigenvalue weighted by Crippen LogP contribution is -2.46. The van der Waals surface area contributed by atoms with Crippen LogP contribution in [0.4, 0.5) is 8.78 Å². The van der Waals surface area contributed by atoms with Gasteiger partial charge in [0.25, 0.3) is 0 Å². The number of rotatable bonds is 7. The van der Waals surface area contributed by atoms with Crippen molar-refractivity contribution in [2.24, 2.45) is 5.41 Å². The molecule has 2 aliphatic rings. The summed E-state index contributed by atoms with van der Waals surface area (Å²) in [5.41, 5.74) is 2.69. The van der Waals surface area contributed by atoms with Crippen molar-refractivity contribution >= 4 is 5.91 Å². The van der Waals surface area contributed by atoms with Gasteiger partial charge in [-0.2, -0.15) is 0 Å². The second-order valence-corrected chi connectivity index (χ2v) is 12.0. The normalized spacial score (nSPS) is 25.8. The van der Waals surface area contributed by atoms with Crippen molar-refractivity contribution in [2.75, 3.05) is 7.11 Å². The number of carbonyl (C=O) groups is 1. The molecule has 36 heavy (non-hydrogen) atoms. The minimum absolute atomic E-state index is 0.00751. The van der Waals surface area contributed by atoms with E-state index in [1.165, 1.54) is 5.56 Å². The number of nitrogens with zero attached hydrogens (tertiary/aromatic N) is 1. The minimum Gasteiger partial charge on any atom is -0.496 e. The lowest BCUT2D eigenvalue weighted by molar-refractivity contribution is -0.137. The van der Waals surface area contributed by atoms with Crippen LogP contribution in [0, 0.1) is 5.41 Å². The van der Waals surface area contributed by atoms with Gasteiger partial charge in [0.1, 0.15) is 5.75 Å². The largest absolute Gasteiger partial charge is 0.496 e. The van der Waals surface area contributed by atoms with Crippen LogP contribution in [0.5, 0.6) is 5.75 Å². The third-order valence-corrected chi connectivity index (χ3v) is 7.89. The van der Waals surface area contributed by atoms with E-state index in [1.807, 2.05) is 36.1 Å². The number of alkyl halides is 2. The first-order chi connectivity index (χ1) is 16.9. The van der Waals surface area contributed by atoms with Crippen LogP contribution < -0.4 is 10.1 Å². The highest BCUT2D eigenvalue weighted by molar-refractivity contribution is 5.78. The van der Waals surface area contributed by atoms with Crippen LogP contribution in [0.1, 0.15) is 89.0 Å². The van der Waals surface area contributed by atoms with Crippen molar-refractivity contribution in [2.45, 2.75) is 96.3 Å². The molecule has 4 nitrogen and oxygen atoms in total. The molecule has 2 aromatic carbocycles. The average molecular weight is 499 g/mol. The zero-order valence-electron chi connectivity index (χ0n) is 22.2. The van der Waals surface area contributed by atoms with Gasteiger partial charge in [0, 0.05) is 31.4 Å². The van der Waals surface area contributed by atoms with E-state index >= 15 is 0 Å². The molecule has 1 heterocycles. The van der Waals surface area contributed by atoms with Gasteiger partial charge < -0.3 is 9.64 Å². The zero-order valence-corrected chi connectivity index (χ0v) is 22.2. The number of likely N-dealkylation sites (tertiary alicyclic amines) is 1. The summed E-state index contributed by atoms with van der Waals surface area (Å²) in [4.78, 5) is 15.7. The Morgan fingerprint density at radius 3 is 2.44 bits per heavy atom. The molecule has 0 aromatic heterocycles. The molecule has 1 saturated carbocycles. The number of halogens is 2. The molecule has 1 aliphatic heterocycles. The second kappa shape index (κ2) is 10.1. The van der Waals surface area contributed by atoms with E-state index in [9.17, 15) is 13.6 Å². The lowest BCUT2D eigenvalue weighted by Gasteiger charge is -2.34. The van der Waals surface area contributed by atoms with E-state index < -0.39 is 11.3 Å². The monoisotopic (exact) mass is 498 g/mol. The number of amides is 1. The Labute approximate surface area is 214 Å². The van der Waals surface area contributed by atoms with Crippen LogP contribution >= 0.6 is 0 Å². The van der Waals surface area contributed by atoms with E-state index in [2.05, 4.69) is 50.4 Å². The predicted octanol–water partition coefficient (Wildman–Crippen LogP) is 6.99. The maximum atomic E-state index is 14.0. The first-order valence-corrected chi connectivity index (χ1v) is 13.1. The Kier molecular flexibility index (Phi) is 7.47. The van der Waals surface area contributed by atoms with Crippen molar-refractivity contribution < 1.29 is 18.3 Å². The molecule has 0 bridgehead atoms. The van der Waals surface area contributed by atoms with E-state index in [0.29, 0.717) is 13.0 Å². The Balaban J connectivity index is 1.56. The summed E-state index contributed by atoms with van der Waals surface area (Å²) in [7, 11) is 1.67. The van der Waals surface area contributed by atoms with Crippen LogP contribution in [0.3, 0.4) is 0 Å². The van der Waals surface area contributed by atoms with Crippen LogP contribution in [-0.2, 0) is 16.8 Å². The summed E-state index contributed by atoms with van der Waals surface area (Å²) in [6.45, 7) is 8.94. The molecule has 0 spiro atoms. The second-order valence-electron chi connectivity index (χ2n) is 12.0. The van der Waals surface area contributed by atoms with Crippen LogP contribution in [0.25, 0.3) is 0 Å². The highest BCUT2D eigenvalue weighted by Gasteiger charge is 2.49. The molecule has 196 valence electrons. The zero-order chi connectivity index (χ0) is 26.1. The Morgan fingerprint density at radius 2 is 1.83 bits per heavy atom. The molecular formula is C30H40F2N2O2. The molecule has 3 atom stereocenters. The molecule has 4 rings (SSSR count). The number of hydrogen-bond donors (Lipinski definition) is 1. The number of carbonyl (C=O) groups excluding carboxylic acids is 1. The van der Waals surface area contributed by atoms with Gasteiger partial charge in [-0.15, -0.1) is 0 Å². The summed E-state index contributed by atoms with van der Waals surface area (Å²) in [5.74, 6) is -1.91. The average Bonchev–Trinajstić information content (AvgIpc) is 3.37. The maximum absolute atomic E-state index is 14.0. The molecule has 0 radical (unpaired) electrons. The Bertz CT molecular complexity index is 1070. The van der Waals surface area contributed by atoms with Gasteiger partial charge in [0.05, 0.1) is 19.3 Å². The standard InChI is InChI=1S/C30H40F2N2O2/c1-28(2,3)23-11-13-25(36-5)22(17-23)19-33-26-14-12-24(21-9-7-6-8-10-21)34(26)27(35)18-29(4)15-16-30(31,32)20-29/h6-11,13,17,24,26,33H,12,14-16,18-20H2,1-5H3. The fraction of sp³-hybridized carbons (Fsp3) is 0.567. The van der Waals surface area contributed by atoms with Gasteiger partial charge in [-0.25, -0.2) is 8.78 Å². The molecule has 1 amide bonds. The third-order valence-electron chi connectivity index (χ3n) is 7.89. The van der Waals surface area contributed by atoms with Crippen molar-refractivity contribution in [3.63, 3.8) is 0 Å². The molecule has 2 fully saturated rings. The van der Waals surface area contributed by atoms with E-state index in [-0.39, 0.29) is 42.8 Å². The number of benzene rings is 2. The first-order valence-electron chi connectivity index (χ1n) is 13.1. The van der Waals surface area contributed by atoms with Gasteiger partial charge in [-0.3, -0.25) is 10.1 Å². The SMILES string of the molecule is COc1ccc(C(C)(C)C)cc1CNC1CCC(c2ccccc2)N1C(=O)CC1(C)CCC(F)(F)C1. The highest BCUT2D eigenvalue weighted by Crippen LogP contribution is 2.50. The smallest absolute Gasteiger partial charge is 0.248 e. The molecule has 6 heteroatoms.